The lowest BCUT2D eigenvalue weighted by atomic mass is 9.98. The minimum Gasteiger partial charge on any atom is -0.497 e. The summed E-state index contributed by atoms with van der Waals surface area (Å²) in [6.45, 7) is 0. The monoisotopic (exact) mass is 362 g/mol. The number of benzene rings is 2. The normalized spacial score (nSPS) is 10.8. The van der Waals surface area contributed by atoms with Gasteiger partial charge < -0.3 is 10.5 Å². The summed E-state index contributed by atoms with van der Waals surface area (Å²) in [6, 6.07) is 15.3. The van der Waals surface area contributed by atoms with Gasteiger partial charge in [-0.25, -0.2) is 9.97 Å². The van der Waals surface area contributed by atoms with Crippen molar-refractivity contribution in [3.8, 4) is 28.1 Å². The Morgan fingerprint density at radius 2 is 1.85 bits per heavy atom. The molecule has 0 saturated carbocycles. The Kier molecular flexibility index (Phi) is 4.14. The molecule has 0 spiro atoms. The Bertz CT molecular complexity index is 1110. The van der Waals surface area contributed by atoms with Gasteiger partial charge in [-0.1, -0.05) is 23.7 Å². The third-order valence-corrected chi connectivity index (χ3v) is 4.54. The quantitative estimate of drug-likeness (QED) is 0.576. The van der Waals surface area contributed by atoms with E-state index in [2.05, 4.69) is 15.0 Å². The van der Waals surface area contributed by atoms with Crippen LogP contribution in [0.25, 0.3) is 33.3 Å². The number of nitrogens with two attached hydrogens (primary N) is 1. The van der Waals surface area contributed by atoms with E-state index in [4.69, 9.17) is 22.1 Å². The molecule has 4 aromatic rings. The van der Waals surface area contributed by atoms with Crippen LogP contribution in [0.1, 0.15) is 0 Å². The molecule has 128 valence electrons. The number of rotatable bonds is 3. The van der Waals surface area contributed by atoms with Crippen LogP contribution >= 0.6 is 11.6 Å². The first-order valence-electron chi connectivity index (χ1n) is 7.97. The van der Waals surface area contributed by atoms with Crippen LogP contribution in [0.2, 0.25) is 5.02 Å². The summed E-state index contributed by atoms with van der Waals surface area (Å²) in [5.41, 5.74) is 10.3. The van der Waals surface area contributed by atoms with Crippen molar-refractivity contribution < 1.29 is 4.74 Å². The molecule has 0 fully saturated rings. The molecule has 0 aliphatic rings. The van der Waals surface area contributed by atoms with Crippen molar-refractivity contribution >= 4 is 28.3 Å². The number of fused-ring (bicyclic) bond motifs is 1. The van der Waals surface area contributed by atoms with Crippen molar-refractivity contribution in [2.24, 2.45) is 0 Å². The zero-order valence-corrected chi connectivity index (χ0v) is 14.7. The summed E-state index contributed by atoms with van der Waals surface area (Å²) < 4.78 is 5.33. The summed E-state index contributed by atoms with van der Waals surface area (Å²) in [5, 5.41) is 1.41. The maximum atomic E-state index is 6.43. The predicted octanol–water partition coefficient (Wildman–Crippen LogP) is 4.60. The number of anilines is 1. The van der Waals surface area contributed by atoms with E-state index in [1.54, 1.807) is 19.4 Å². The third kappa shape index (κ3) is 2.82. The van der Waals surface area contributed by atoms with E-state index in [0.29, 0.717) is 10.8 Å². The highest BCUT2D eigenvalue weighted by molar-refractivity contribution is 6.33. The summed E-state index contributed by atoms with van der Waals surface area (Å²) >= 11 is 6.43. The second-order valence-electron chi connectivity index (χ2n) is 5.74. The molecule has 0 radical (unpaired) electrons. The Hall–Kier alpha value is -3.18. The van der Waals surface area contributed by atoms with Gasteiger partial charge in [-0.2, -0.15) is 0 Å². The highest BCUT2D eigenvalue weighted by Gasteiger charge is 2.14. The SMILES string of the molecule is COc1ccc(Cl)c(-c2ncccc2-c2ccc3ncnc(N)c3c2)c1. The average Bonchev–Trinajstić information content (AvgIpc) is 2.68. The highest BCUT2D eigenvalue weighted by Crippen LogP contribution is 2.37. The summed E-state index contributed by atoms with van der Waals surface area (Å²) in [5.74, 6) is 1.17. The molecule has 0 saturated heterocycles. The van der Waals surface area contributed by atoms with Gasteiger partial charge in [0.2, 0.25) is 0 Å². The maximum absolute atomic E-state index is 6.43. The largest absolute Gasteiger partial charge is 0.497 e. The van der Waals surface area contributed by atoms with Crippen molar-refractivity contribution in [1.29, 1.82) is 0 Å². The standard InChI is InChI=1S/C20H15ClN4O/c1-26-13-5-6-17(21)15(10-13)19-14(3-2-8-23-19)12-4-7-18-16(9-12)20(22)25-11-24-18/h2-11H,1H3,(H2,22,24,25). The zero-order chi connectivity index (χ0) is 18.1. The minimum absolute atomic E-state index is 0.446. The van der Waals surface area contributed by atoms with Gasteiger partial charge >= 0.3 is 0 Å². The lowest BCUT2D eigenvalue weighted by Crippen LogP contribution is -1.95. The van der Waals surface area contributed by atoms with Crippen LogP contribution in [0.4, 0.5) is 5.82 Å². The molecule has 2 aromatic heterocycles. The van der Waals surface area contributed by atoms with Crippen LogP contribution in [0.5, 0.6) is 5.75 Å². The van der Waals surface area contributed by atoms with Crippen LogP contribution in [0.15, 0.2) is 61.1 Å². The number of pyridine rings is 1. The number of hydrogen-bond acceptors (Lipinski definition) is 5. The fraction of sp³-hybridized carbons (Fsp3) is 0.0500. The lowest BCUT2D eigenvalue weighted by Gasteiger charge is -2.12. The number of methoxy groups -OCH3 is 1. The smallest absolute Gasteiger partial charge is 0.134 e. The first-order chi connectivity index (χ1) is 12.7. The molecule has 6 heteroatoms. The Balaban J connectivity index is 1.94. The lowest BCUT2D eigenvalue weighted by molar-refractivity contribution is 0.415. The van der Waals surface area contributed by atoms with Gasteiger partial charge in [-0.05, 0) is 42.0 Å². The van der Waals surface area contributed by atoms with E-state index in [1.165, 1.54) is 6.33 Å². The molecule has 4 rings (SSSR count). The van der Waals surface area contributed by atoms with Gasteiger partial charge in [-0.3, -0.25) is 4.98 Å². The number of nitrogens with zero attached hydrogens (tertiary/aromatic N) is 3. The minimum atomic E-state index is 0.446. The average molecular weight is 363 g/mol. The zero-order valence-electron chi connectivity index (χ0n) is 14.0. The molecular formula is C20H15ClN4O. The van der Waals surface area contributed by atoms with Crippen LogP contribution in [0, 0.1) is 0 Å². The molecule has 0 aliphatic heterocycles. The number of hydrogen-bond donors (Lipinski definition) is 1. The van der Waals surface area contributed by atoms with E-state index in [1.807, 2.05) is 42.5 Å². The van der Waals surface area contributed by atoms with Gasteiger partial charge in [0, 0.05) is 22.7 Å². The first kappa shape index (κ1) is 16.3. The molecule has 0 amide bonds. The van der Waals surface area contributed by atoms with Gasteiger partial charge in [0.25, 0.3) is 0 Å². The number of ether oxygens (including phenoxy) is 1. The molecule has 0 atom stereocenters. The molecule has 0 aliphatic carbocycles. The van der Waals surface area contributed by atoms with Gasteiger partial charge in [-0.15, -0.1) is 0 Å². The summed E-state index contributed by atoms with van der Waals surface area (Å²) in [6.07, 6.45) is 3.20. The molecule has 2 aromatic carbocycles. The fourth-order valence-electron chi connectivity index (χ4n) is 2.91. The van der Waals surface area contributed by atoms with Crippen LogP contribution in [-0.2, 0) is 0 Å². The molecule has 0 bridgehead atoms. The second-order valence-corrected chi connectivity index (χ2v) is 6.14. The predicted molar refractivity (Wildman–Crippen MR) is 104 cm³/mol. The summed E-state index contributed by atoms with van der Waals surface area (Å²) in [7, 11) is 1.62. The van der Waals surface area contributed by atoms with Crippen molar-refractivity contribution in [3.05, 3.63) is 66.1 Å². The first-order valence-corrected chi connectivity index (χ1v) is 8.34. The van der Waals surface area contributed by atoms with Crippen molar-refractivity contribution in [2.75, 3.05) is 12.8 Å². The van der Waals surface area contributed by atoms with Crippen LogP contribution in [0.3, 0.4) is 0 Å². The number of halogens is 1. The molecule has 2 heterocycles. The number of aromatic nitrogens is 3. The van der Waals surface area contributed by atoms with E-state index >= 15 is 0 Å². The van der Waals surface area contributed by atoms with E-state index in [-0.39, 0.29) is 0 Å². The molecule has 5 nitrogen and oxygen atoms in total. The van der Waals surface area contributed by atoms with Gasteiger partial charge in [0.15, 0.2) is 0 Å². The Morgan fingerprint density at radius 1 is 0.962 bits per heavy atom. The molecule has 26 heavy (non-hydrogen) atoms. The highest BCUT2D eigenvalue weighted by atomic mass is 35.5. The second kappa shape index (κ2) is 6.61. The Morgan fingerprint density at radius 3 is 2.69 bits per heavy atom. The van der Waals surface area contributed by atoms with E-state index in [0.717, 1.165) is 39.0 Å². The van der Waals surface area contributed by atoms with Crippen molar-refractivity contribution in [2.45, 2.75) is 0 Å². The van der Waals surface area contributed by atoms with Crippen molar-refractivity contribution in [1.82, 2.24) is 15.0 Å². The molecule has 2 N–H and O–H groups in total. The van der Waals surface area contributed by atoms with Gasteiger partial charge in [0.1, 0.15) is 17.9 Å². The van der Waals surface area contributed by atoms with Crippen LogP contribution < -0.4 is 10.5 Å². The topological polar surface area (TPSA) is 73.9 Å². The molecule has 0 unspecified atom stereocenters. The fourth-order valence-corrected chi connectivity index (χ4v) is 3.12. The number of nitrogen functional groups attached to an aromatic ring is 1. The summed E-state index contributed by atoms with van der Waals surface area (Å²) in [4.78, 5) is 12.9. The van der Waals surface area contributed by atoms with E-state index < -0.39 is 0 Å². The maximum Gasteiger partial charge on any atom is 0.134 e. The van der Waals surface area contributed by atoms with E-state index in [9.17, 15) is 0 Å². The third-order valence-electron chi connectivity index (χ3n) is 4.21. The Labute approximate surface area is 155 Å². The van der Waals surface area contributed by atoms with Crippen LogP contribution in [-0.4, -0.2) is 22.1 Å². The van der Waals surface area contributed by atoms with Crippen molar-refractivity contribution in [3.63, 3.8) is 0 Å². The molecular weight excluding hydrogens is 348 g/mol. The van der Waals surface area contributed by atoms with Gasteiger partial charge in [0.05, 0.1) is 23.3 Å².